The van der Waals surface area contributed by atoms with Crippen molar-refractivity contribution >= 4 is 35.1 Å². The van der Waals surface area contributed by atoms with Gasteiger partial charge in [-0.2, -0.15) is 0 Å². The molecule has 1 heterocycles. The number of halogens is 2. The Bertz CT molecular complexity index is 1110. The zero-order chi connectivity index (χ0) is 20.4. The number of carbonyl (C=O) groups excluding carboxylic acids is 1. The van der Waals surface area contributed by atoms with Gasteiger partial charge in [0.25, 0.3) is 5.91 Å². The van der Waals surface area contributed by atoms with Crippen molar-refractivity contribution in [2.75, 3.05) is 12.0 Å². The average molecular weight is 407 g/mol. The molecule has 0 spiro atoms. The number of nitrogens with zero attached hydrogens (tertiary/aromatic N) is 2. The maximum Gasteiger partial charge on any atom is 0.282 e. The number of hydrogen-bond donors (Lipinski definition) is 0. The van der Waals surface area contributed by atoms with Crippen molar-refractivity contribution < 1.29 is 13.9 Å². The molecule has 0 saturated carbocycles. The van der Waals surface area contributed by atoms with E-state index in [-0.39, 0.29) is 17.4 Å². The number of rotatable bonds is 4. The summed E-state index contributed by atoms with van der Waals surface area (Å²) >= 11 is 5.99. The standard InChI is InChI=1S/C23H16ClFN2O2/c1-29-20-12-2-15(3-13-20)14-21-23(28)27(19-10-6-17(24)7-11-19)22(26-21)16-4-8-18(25)9-5-16/h2-14H,1H3/b21-14+. The molecular formula is C23H16ClFN2O2. The van der Waals surface area contributed by atoms with Crippen molar-refractivity contribution in [3.05, 3.63) is 100 Å². The zero-order valence-electron chi connectivity index (χ0n) is 15.5. The van der Waals surface area contributed by atoms with E-state index in [1.165, 1.54) is 17.0 Å². The fourth-order valence-corrected chi connectivity index (χ4v) is 3.12. The van der Waals surface area contributed by atoms with Gasteiger partial charge in [0.05, 0.1) is 12.8 Å². The molecular weight excluding hydrogens is 391 g/mol. The Morgan fingerprint density at radius 2 is 1.62 bits per heavy atom. The number of methoxy groups -OCH3 is 1. The molecule has 29 heavy (non-hydrogen) atoms. The predicted molar refractivity (Wildman–Crippen MR) is 113 cm³/mol. The molecule has 0 atom stereocenters. The first-order valence-corrected chi connectivity index (χ1v) is 9.23. The summed E-state index contributed by atoms with van der Waals surface area (Å²) in [6.07, 6.45) is 1.71. The third kappa shape index (κ3) is 3.91. The van der Waals surface area contributed by atoms with Crippen molar-refractivity contribution in [3.63, 3.8) is 0 Å². The van der Waals surface area contributed by atoms with Crippen molar-refractivity contribution in [2.24, 2.45) is 4.99 Å². The van der Waals surface area contributed by atoms with Crippen molar-refractivity contribution in [3.8, 4) is 5.75 Å². The highest BCUT2D eigenvalue weighted by atomic mass is 35.5. The van der Waals surface area contributed by atoms with Crippen LogP contribution in [0.1, 0.15) is 11.1 Å². The molecule has 0 saturated heterocycles. The van der Waals surface area contributed by atoms with E-state index in [2.05, 4.69) is 4.99 Å². The van der Waals surface area contributed by atoms with Gasteiger partial charge >= 0.3 is 0 Å². The SMILES string of the molecule is COc1ccc(/C=C2/N=C(c3ccc(F)cc3)N(c3ccc(Cl)cc3)C2=O)cc1. The highest BCUT2D eigenvalue weighted by Crippen LogP contribution is 2.29. The quantitative estimate of drug-likeness (QED) is 0.550. The molecule has 1 aliphatic heterocycles. The van der Waals surface area contributed by atoms with Crippen LogP contribution in [0.5, 0.6) is 5.75 Å². The lowest BCUT2D eigenvalue weighted by Gasteiger charge is -2.18. The number of benzene rings is 3. The summed E-state index contributed by atoms with van der Waals surface area (Å²) in [5.74, 6) is 0.522. The van der Waals surface area contributed by atoms with Crippen molar-refractivity contribution in [1.29, 1.82) is 0 Å². The minimum Gasteiger partial charge on any atom is -0.497 e. The molecule has 1 aliphatic rings. The first kappa shape index (κ1) is 18.9. The van der Waals surface area contributed by atoms with E-state index in [1.807, 2.05) is 24.3 Å². The van der Waals surface area contributed by atoms with E-state index >= 15 is 0 Å². The minimum atomic E-state index is -0.356. The molecule has 0 unspecified atom stereocenters. The Kier molecular flexibility index (Phi) is 5.14. The molecule has 0 aliphatic carbocycles. The Morgan fingerprint density at radius 1 is 0.966 bits per heavy atom. The Morgan fingerprint density at radius 3 is 2.24 bits per heavy atom. The molecule has 3 aromatic carbocycles. The lowest BCUT2D eigenvalue weighted by Crippen LogP contribution is -2.32. The topological polar surface area (TPSA) is 41.9 Å². The number of amides is 1. The fourth-order valence-electron chi connectivity index (χ4n) is 3.00. The Balaban J connectivity index is 1.78. The largest absolute Gasteiger partial charge is 0.497 e. The number of aliphatic imine (C=N–C) groups is 1. The van der Waals surface area contributed by atoms with Crippen LogP contribution in [0.15, 0.2) is 83.5 Å². The maximum atomic E-state index is 13.4. The summed E-state index contributed by atoms with van der Waals surface area (Å²) in [5, 5.41) is 0.565. The molecule has 0 aromatic heterocycles. The van der Waals surface area contributed by atoms with E-state index in [4.69, 9.17) is 16.3 Å². The highest BCUT2D eigenvalue weighted by molar-refractivity contribution is 6.33. The van der Waals surface area contributed by atoms with E-state index in [1.54, 1.807) is 49.6 Å². The average Bonchev–Trinajstić information content (AvgIpc) is 3.06. The van der Waals surface area contributed by atoms with Crippen LogP contribution < -0.4 is 9.64 Å². The summed E-state index contributed by atoms with van der Waals surface area (Å²) in [4.78, 5) is 19.2. The lowest BCUT2D eigenvalue weighted by atomic mass is 10.1. The van der Waals surface area contributed by atoms with E-state index in [9.17, 15) is 9.18 Å². The fraction of sp³-hybridized carbons (Fsp3) is 0.0435. The molecule has 0 bridgehead atoms. The van der Waals surface area contributed by atoms with Crippen molar-refractivity contribution in [2.45, 2.75) is 0 Å². The van der Waals surface area contributed by atoms with Crippen molar-refractivity contribution in [1.82, 2.24) is 0 Å². The van der Waals surface area contributed by atoms with Gasteiger partial charge in [-0.3, -0.25) is 9.69 Å². The van der Waals surface area contributed by atoms with Gasteiger partial charge in [0, 0.05) is 10.6 Å². The molecule has 0 fully saturated rings. The van der Waals surface area contributed by atoms with Crippen LogP contribution in [-0.4, -0.2) is 18.9 Å². The summed E-state index contributed by atoms with van der Waals surface area (Å²) in [6.45, 7) is 0. The van der Waals surface area contributed by atoms with E-state index in [0.717, 1.165) is 11.3 Å². The molecule has 144 valence electrons. The van der Waals surface area contributed by atoms with Crippen LogP contribution in [0.2, 0.25) is 5.02 Å². The normalized spacial score (nSPS) is 15.0. The van der Waals surface area contributed by atoms with Gasteiger partial charge < -0.3 is 4.74 Å². The summed E-state index contributed by atoms with van der Waals surface area (Å²) in [5.41, 5.74) is 2.35. The second-order valence-corrected chi connectivity index (χ2v) is 6.80. The second-order valence-electron chi connectivity index (χ2n) is 6.36. The summed E-state index contributed by atoms with van der Waals surface area (Å²) in [6, 6.07) is 20.1. The Labute approximate surface area is 172 Å². The number of ether oxygens (including phenoxy) is 1. The molecule has 4 rings (SSSR count). The van der Waals surface area contributed by atoms with Gasteiger partial charge in [0.1, 0.15) is 23.1 Å². The predicted octanol–water partition coefficient (Wildman–Crippen LogP) is 5.32. The van der Waals surface area contributed by atoms with Crippen LogP contribution in [0.4, 0.5) is 10.1 Å². The third-order valence-electron chi connectivity index (χ3n) is 4.47. The molecule has 1 amide bonds. The Hall–Kier alpha value is -3.44. The molecule has 4 nitrogen and oxygen atoms in total. The van der Waals surface area contributed by atoms with Crippen LogP contribution in [-0.2, 0) is 4.79 Å². The summed E-state index contributed by atoms with van der Waals surface area (Å²) in [7, 11) is 1.59. The van der Waals surface area contributed by atoms with Gasteiger partial charge in [-0.1, -0.05) is 23.7 Å². The molecule has 0 N–H and O–H groups in total. The maximum absolute atomic E-state index is 13.4. The number of anilines is 1. The third-order valence-corrected chi connectivity index (χ3v) is 4.72. The van der Waals surface area contributed by atoms with Crippen LogP contribution in [0.25, 0.3) is 6.08 Å². The molecule has 6 heteroatoms. The minimum absolute atomic E-state index is 0.275. The van der Waals surface area contributed by atoms with E-state index in [0.29, 0.717) is 22.1 Å². The monoisotopic (exact) mass is 406 g/mol. The van der Waals surface area contributed by atoms with Gasteiger partial charge in [-0.05, 0) is 72.3 Å². The lowest BCUT2D eigenvalue weighted by molar-refractivity contribution is -0.113. The number of amidine groups is 1. The van der Waals surface area contributed by atoms with Crippen LogP contribution in [0.3, 0.4) is 0 Å². The van der Waals surface area contributed by atoms with Gasteiger partial charge in [0.15, 0.2) is 0 Å². The first-order valence-electron chi connectivity index (χ1n) is 8.85. The number of carbonyl (C=O) groups is 1. The van der Waals surface area contributed by atoms with Gasteiger partial charge in [-0.15, -0.1) is 0 Å². The van der Waals surface area contributed by atoms with Gasteiger partial charge in [-0.25, -0.2) is 9.38 Å². The highest BCUT2D eigenvalue weighted by Gasteiger charge is 2.32. The van der Waals surface area contributed by atoms with E-state index < -0.39 is 0 Å². The van der Waals surface area contributed by atoms with Crippen LogP contribution >= 0.6 is 11.6 Å². The number of hydrogen-bond acceptors (Lipinski definition) is 3. The zero-order valence-corrected chi connectivity index (χ0v) is 16.2. The van der Waals surface area contributed by atoms with Gasteiger partial charge in [0.2, 0.25) is 0 Å². The first-order chi connectivity index (χ1) is 14.0. The van der Waals surface area contributed by atoms with Crippen LogP contribution in [0, 0.1) is 5.82 Å². The smallest absolute Gasteiger partial charge is 0.282 e. The summed E-state index contributed by atoms with van der Waals surface area (Å²) < 4.78 is 18.5. The second kappa shape index (κ2) is 7.89. The molecule has 0 radical (unpaired) electrons. The molecule has 3 aromatic rings.